The van der Waals surface area contributed by atoms with Gasteiger partial charge in [-0.2, -0.15) is 0 Å². The van der Waals surface area contributed by atoms with Crippen LogP contribution in [-0.2, 0) is 14.3 Å². The Kier molecular flexibility index (Phi) is 4.41. The van der Waals surface area contributed by atoms with Crippen LogP contribution < -0.4 is 5.73 Å². The summed E-state index contributed by atoms with van der Waals surface area (Å²) in [5, 5.41) is 0. The number of nitrogens with zero attached hydrogens (tertiary/aromatic N) is 2. The maximum absolute atomic E-state index is 13.2. The molecule has 2 saturated heterocycles. The zero-order valence-electron chi connectivity index (χ0n) is 15.4. The van der Waals surface area contributed by atoms with E-state index in [4.69, 9.17) is 10.5 Å². The molecule has 6 nitrogen and oxygen atoms in total. The second-order valence-electron chi connectivity index (χ2n) is 8.40. The maximum Gasteiger partial charge on any atom is 0.243 e. The van der Waals surface area contributed by atoms with Crippen LogP contribution in [0.1, 0.15) is 40.5 Å². The number of ether oxygens (including phenoxy) is 1. The highest BCUT2D eigenvalue weighted by Gasteiger charge is 2.70. The molecule has 0 bridgehead atoms. The first-order valence-corrected chi connectivity index (χ1v) is 9.20. The average molecular weight is 337 g/mol. The molecule has 2 aliphatic heterocycles. The summed E-state index contributed by atoms with van der Waals surface area (Å²) in [5.41, 5.74) is 5.51. The molecule has 24 heavy (non-hydrogen) atoms. The number of piperazine rings is 1. The minimum atomic E-state index is -0.845. The molecular weight excluding hydrogens is 306 g/mol. The van der Waals surface area contributed by atoms with Crippen molar-refractivity contribution in [2.45, 2.75) is 52.2 Å². The minimum absolute atomic E-state index is 0.00110. The van der Waals surface area contributed by atoms with Crippen LogP contribution >= 0.6 is 0 Å². The van der Waals surface area contributed by atoms with Crippen LogP contribution in [0.3, 0.4) is 0 Å². The van der Waals surface area contributed by atoms with Crippen LogP contribution in [-0.4, -0.2) is 66.0 Å². The van der Waals surface area contributed by atoms with Crippen LogP contribution in [0.4, 0.5) is 0 Å². The summed E-state index contributed by atoms with van der Waals surface area (Å²) >= 11 is 0. The standard InChI is InChI=1S/C18H31N3O3/c1-12(2)15(22)20-7-9-21(10-8-20)16(23)18(19)13-6-5-11-24-14(13)17(18,3)4/h12-14H,5-11,19H2,1-4H3. The van der Waals surface area contributed by atoms with Crippen LogP contribution in [0.15, 0.2) is 0 Å². The summed E-state index contributed by atoms with van der Waals surface area (Å²) in [5.74, 6) is 0.313. The summed E-state index contributed by atoms with van der Waals surface area (Å²) in [6, 6.07) is 0. The number of carbonyl (C=O) groups is 2. The molecule has 3 fully saturated rings. The highest BCUT2D eigenvalue weighted by atomic mass is 16.5. The molecule has 3 rings (SSSR count). The Labute approximate surface area is 144 Å². The predicted molar refractivity (Wildman–Crippen MR) is 91.2 cm³/mol. The lowest BCUT2D eigenvalue weighted by atomic mass is 9.46. The molecule has 0 aromatic carbocycles. The van der Waals surface area contributed by atoms with Crippen LogP contribution in [0.2, 0.25) is 0 Å². The molecule has 3 aliphatic rings. The van der Waals surface area contributed by atoms with E-state index in [9.17, 15) is 9.59 Å². The molecule has 6 heteroatoms. The fraction of sp³-hybridized carbons (Fsp3) is 0.889. The van der Waals surface area contributed by atoms with E-state index >= 15 is 0 Å². The summed E-state index contributed by atoms with van der Waals surface area (Å²) in [7, 11) is 0. The summed E-state index contributed by atoms with van der Waals surface area (Å²) in [4.78, 5) is 29.1. The number of amides is 2. The van der Waals surface area contributed by atoms with E-state index in [0.29, 0.717) is 26.2 Å². The van der Waals surface area contributed by atoms with Crippen molar-refractivity contribution in [3.8, 4) is 0 Å². The van der Waals surface area contributed by atoms with Crippen molar-refractivity contribution in [1.82, 2.24) is 9.80 Å². The SMILES string of the molecule is CC(C)C(=O)N1CCN(C(=O)C2(N)C3CCCOC3C2(C)C)CC1. The first-order chi connectivity index (χ1) is 11.2. The lowest BCUT2D eigenvalue weighted by Gasteiger charge is -2.66. The van der Waals surface area contributed by atoms with Crippen molar-refractivity contribution < 1.29 is 14.3 Å². The van der Waals surface area contributed by atoms with Crippen molar-refractivity contribution in [2.24, 2.45) is 23.0 Å². The van der Waals surface area contributed by atoms with Gasteiger partial charge in [0, 0.05) is 50.0 Å². The van der Waals surface area contributed by atoms with E-state index < -0.39 is 5.54 Å². The zero-order valence-corrected chi connectivity index (χ0v) is 15.4. The van der Waals surface area contributed by atoms with Gasteiger partial charge >= 0.3 is 0 Å². The van der Waals surface area contributed by atoms with Gasteiger partial charge in [0.15, 0.2) is 0 Å². The molecule has 2 heterocycles. The molecule has 0 spiro atoms. The Morgan fingerprint density at radius 2 is 1.71 bits per heavy atom. The maximum atomic E-state index is 13.2. The molecule has 0 radical (unpaired) electrons. The first-order valence-electron chi connectivity index (χ1n) is 9.20. The van der Waals surface area contributed by atoms with E-state index in [-0.39, 0.29) is 35.2 Å². The van der Waals surface area contributed by atoms with Gasteiger partial charge in [0.25, 0.3) is 0 Å². The van der Waals surface area contributed by atoms with Gasteiger partial charge in [0.1, 0.15) is 5.54 Å². The first kappa shape index (κ1) is 17.7. The number of hydrogen-bond donors (Lipinski definition) is 1. The quantitative estimate of drug-likeness (QED) is 0.810. The van der Waals surface area contributed by atoms with Gasteiger partial charge < -0.3 is 20.3 Å². The highest BCUT2D eigenvalue weighted by Crippen LogP contribution is 2.58. The molecule has 2 amide bonds. The Morgan fingerprint density at radius 1 is 1.12 bits per heavy atom. The smallest absolute Gasteiger partial charge is 0.243 e. The zero-order chi connectivity index (χ0) is 17.7. The fourth-order valence-electron chi connectivity index (χ4n) is 4.77. The normalized spacial score (nSPS) is 35.4. The minimum Gasteiger partial charge on any atom is -0.377 e. The van der Waals surface area contributed by atoms with E-state index in [1.807, 2.05) is 23.6 Å². The second-order valence-corrected chi connectivity index (χ2v) is 8.40. The van der Waals surface area contributed by atoms with Crippen LogP contribution in [0.25, 0.3) is 0 Å². The van der Waals surface area contributed by atoms with Crippen molar-refractivity contribution in [2.75, 3.05) is 32.8 Å². The summed E-state index contributed by atoms with van der Waals surface area (Å²) < 4.78 is 5.90. The second kappa shape index (κ2) is 5.99. The average Bonchev–Trinajstić information content (AvgIpc) is 2.59. The Bertz CT molecular complexity index is 526. The van der Waals surface area contributed by atoms with Gasteiger partial charge in [-0.1, -0.05) is 27.7 Å². The Hall–Kier alpha value is -1.14. The predicted octanol–water partition coefficient (Wildman–Crippen LogP) is 0.846. The van der Waals surface area contributed by atoms with Crippen molar-refractivity contribution >= 4 is 11.8 Å². The lowest BCUT2D eigenvalue weighted by Crippen LogP contribution is -2.82. The Morgan fingerprint density at radius 3 is 2.29 bits per heavy atom. The van der Waals surface area contributed by atoms with Gasteiger partial charge in [-0.05, 0) is 12.8 Å². The third kappa shape index (κ3) is 2.37. The van der Waals surface area contributed by atoms with E-state index in [1.165, 1.54) is 0 Å². The van der Waals surface area contributed by atoms with E-state index in [0.717, 1.165) is 19.4 Å². The number of rotatable bonds is 2. The van der Waals surface area contributed by atoms with Crippen molar-refractivity contribution in [1.29, 1.82) is 0 Å². The van der Waals surface area contributed by atoms with Gasteiger partial charge in [-0.25, -0.2) is 0 Å². The number of hydrogen-bond acceptors (Lipinski definition) is 4. The fourth-order valence-corrected chi connectivity index (χ4v) is 4.77. The van der Waals surface area contributed by atoms with Crippen LogP contribution in [0, 0.1) is 17.3 Å². The van der Waals surface area contributed by atoms with Gasteiger partial charge in [-0.3, -0.25) is 9.59 Å². The third-order valence-corrected chi connectivity index (χ3v) is 6.41. The molecule has 1 saturated carbocycles. The van der Waals surface area contributed by atoms with Gasteiger partial charge in [0.05, 0.1) is 6.10 Å². The van der Waals surface area contributed by atoms with Crippen molar-refractivity contribution in [3.63, 3.8) is 0 Å². The molecule has 0 aromatic heterocycles. The van der Waals surface area contributed by atoms with Gasteiger partial charge in [0.2, 0.25) is 11.8 Å². The highest BCUT2D eigenvalue weighted by molar-refractivity contribution is 5.90. The van der Waals surface area contributed by atoms with E-state index in [2.05, 4.69) is 13.8 Å². The largest absolute Gasteiger partial charge is 0.377 e. The van der Waals surface area contributed by atoms with Crippen molar-refractivity contribution in [3.05, 3.63) is 0 Å². The lowest BCUT2D eigenvalue weighted by molar-refractivity contribution is -0.230. The molecule has 2 N–H and O–H groups in total. The molecule has 3 unspecified atom stereocenters. The third-order valence-electron chi connectivity index (χ3n) is 6.41. The molecule has 0 aromatic rings. The Balaban J connectivity index is 1.68. The topological polar surface area (TPSA) is 75.9 Å². The molecule has 136 valence electrons. The van der Waals surface area contributed by atoms with Crippen LogP contribution in [0.5, 0.6) is 0 Å². The molecule has 1 aliphatic carbocycles. The molecular formula is C18H31N3O3. The number of nitrogens with two attached hydrogens (primary N) is 1. The number of carbonyl (C=O) groups excluding carboxylic acids is 2. The van der Waals surface area contributed by atoms with E-state index in [1.54, 1.807) is 0 Å². The molecule has 3 atom stereocenters. The summed E-state index contributed by atoms with van der Waals surface area (Å²) in [6.45, 7) is 11.0. The van der Waals surface area contributed by atoms with Gasteiger partial charge in [-0.15, -0.1) is 0 Å². The monoisotopic (exact) mass is 337 g/mol. The summed E-state index contributed by atoms with van der Waals surface area (Å²) in [6.07, 6.45) is 2.02. The number of fused-ring (bicyclic) bond motifs is 1.